The van der Waals surface area contributed by atoms with Crippen molar-refractivity contribution in [3.05, 3.63) is 71.4 Å². The molecule has 2 aromatic carbocycles. The van der Waals surface area contributed by atoms with Crippen molar-refractivity contribution < 1.29 is 0 Å². The molecule has 0 amide bonds. The molecule has 0 aliphatic heterocycles. The molecule has 2 aromatic heterocycles. The molecule has 0 spiro atoms. The Morgan fingerprint density at radius 2 is 1.57 bits per heavy atom. The van der Waals surface area contributed by atoms with Crippen LogP contribution < -0.4 is 5.32 Å². The van der Waals surface area contributed by atoms with Crippen LogP contribution in [0.1, 0.15) is 29.7 Å². The molecule has 0 saturated carbocycles. The smallest absolute Gasteiger partial charge is 0.191 e. The van der Waals surface area contributed by atoms with E-state index in [4.69, 9.17) is 9.97 Å². The summed E-state index contributed by atoms with van der Waals surface area (Å²) in [7, 11) is 0. The summed E-state index contributed by atoms with van der Waals surface area (Å²) < 4.78 is 1.87. The number of rotatable bonds is 5. The minimum Gasteiger partial charge on any atom is -0.363 e. The highest BCUT2D eigenvalue weighted by Gasteiger charge is 2.16. The Balaban J connectivity index is 1.76. The van der Waals surface area contributed by atoms with Crippen molar-refractivity contribution >= 4 is 28.6 Å². The van der Waals surface area contributed by atoms with E-state index in [1.807, 2.05) is 17.1 Å². The molecular formula is C22H23N5S. The molecule has 1 atom stereocenters. The van der Waals surface area contributed by atoms with Crippen LogP contribution in [0.25, 0.3) is 16.7 Å². The molecular weight excluding hydrogens is 366 g/mol. The molecule has 1 N–H and O–H groups in total. The minimum atomic E-state index is 0.121. The Hall–Kier alpha value is -2.86. The van der Waals surface area contributed by atoms with E-state index in [1.165, 1.54) is 28.5 Å². The van der Waals surface area contributed by atoms with E-state index in [0.29, 0.717) is 0 Å². The van der Waals surface area contributed by atoms with Gasteiger partial charge < -0.3 is 5.32 Å². The van der Waals surface area contributed by atoms with E-state index in [0.717, 1.165) is 27.7 Å². The highest BCUT2D eigenvalue weighted by Crippen LogP contribution is 2.28. The van der Waals surface area contributed by atoms with E-state index in [1.54, 1.807) is 0 Å². The third-order valence-electron chi connectivity index (χ3n) is 4.80. The standard InChI is InChI=1S/C22H23N5S/c1-14-5-9-17(10-6-14)16(3)24-20-19-13-23-27(18-11-7-15(2)8-12-18)21(19)26-22(25-20)28-4/h5-13,16H,1-4H3,(H,24,25,26). The number of nitrogens with one attached hydrogen (secondary N) is 1. The zero-order valence-electron chi connectivity index (χ0n) is 16.5. The molecule has 0 radical (unpaired) electrons. The zero-order valence-corrected chi connectivity index (χ0v) is 17.3. The Labute approximate surface area is 169 Å². The van der Waals surface area contributed by atoms with Gasteiger partial charge in [0.05, 0.1) is 17.3 Å². The summed E-state index contributed by atoms with van der Waals surface area (Å²) in [6, 6.07) is 17.0. The molecule has 142 valence electrons. The second kappa shape index (κ2) is 7.64. The first kappa shape index (κ1) is 18.5. The molecule has 6 heteroatoms. The van der Waals surface area contributed by atoms with Crippen LogP contribution in [0.15, 0.2) is 59.9 Å². The van der Waals surface area contributed by atoms with Crippen LogP contribution in [0, 0.1) is 13.8 Å². The van der Waals surface area contributed by atoms with Crippen molar-refractivity contribution in [1.82, 2.24) is 19.7 Å². The third kappa shape index (κ3) is 3.60. The number of aryl methyl sites for hydroxylation is 2. The highest BCUT2D eigenvalue weighted by atomic mass is 32.2. The first-order valence-corrected chi connectivity index (χ1v) is 10.5. The molecule has 0 fully saturated rings. The molecule has 0 bridgehead atoms. The molecule has 2 heterocycles. The lowest BCUT2D eigenvalue weighted by Crippen LogP contribution is -2.09. The number of fused-ring (bicyclic) bond motifs is 1. The van der Waals surface area contributed by atoms with Gasteiger partial charge in [0.1, 0.15) is 5.82 Å². The van der Waals surface area contributed by atoms with Gasteiger partial charge in [-0.25, -0.2) is 14.6 Å². The number of nitrogens with zero attached hydrogens (tertiary/aromatic N) is 4. The average Bonchev–Trinajstić information content (AvgIpc) is 3.13. The van der Waals surface area contributed by atoms with Crippen molar-refractivity contribution in [3.63, 3.8) is 0 Å². The molecule has 4 rings (SSSR count). The van der Waals surface area contributed by atoms with E-state index in [9.17, 15) is 0 Å². The summed E-state index contributed by atoms with van der Waals surface area (Å²) >= 11 is 1.53. The fourth-order valence-corrected chi connectivity index (χ4v) is 3.47. The number of thioether (sulfide) groups is 1. The largest absolute Gasteiger partial charge is 0.363 e. The van der Waals surface area contributed by atoms with Crippen molar-refractivity contribution in [1.29, 1.82) is 0 Å². The van der Waals surface area contributed by atoms with Crippen molar-refractivity contribution in [2.24, 2.45) is 0 Å². The Kier molecular flexibility index (Phi) is 5.05. The van der Waals surface area contributed by atoms with Gasteiger partial charge in [0, 0.05) is 6.04 Å². The summed E-state index contributed by atoms with van der Waals surface area (Å²) in [6.07, 6.45) is 3.82. The van der Waals surface area contributed by atoms with Gasteiger partial charge in [-0.05, 0) is 44.7 Å². The molecule has 4 aromatic rings. The van der Waals surface area contributed by atoms with Crippen LogP contribution in [-0.4, -0.2) is 26.0 Å². The first-order valence-electron chi connectivity index (χ1n) is 9.25. The van der Waals surface area contributed by atoms with Crippen molar-refractivity contribution in [2.45, 2.75) is 32.0 Å². The van der Waals surface area contributed by atoms with Crippen molar-refractivity contribution in [3.8, 4) is 5.69 Å². The van der Waals surface area contributed by atoms with Gasteiger partial charge in [-0.1, -0.05) is 59.3 Å². The maximum atomic E-state index is 4.72. The van der Waals surface area contributed by atoms with E-state index >= 15 is 0 Å². The predicted molar refractivity (Wildman–Crippen MR) is 116 cm³/mol. The minimum absolute atomic E-state index is 0.121. The SMILES string of the molecule is CSc1nc(NC(C)c2ccc(C)cc2)c2cnn(-c3ccc(C)cc3)c2n1. The topological polar surface area (TPSA) is 55.6 Å². The molecule has 0 aliphatic carbocycles. The molecule has 1 unspecified atom stereocenters. The van der Waals surface area contributed by atoms with Crippen LogP contribution >= 0.6 is 11.8 Å². The van der Waals surface area contributed by atoms with E-state index in [-0.39, 0.29) is 6.04 Å². The number of hydrogen-bond acceptors (Lipinski definition) is 5. The fraction of sp³-hybridized carbons (Fsp3) is 0.227. The second-order valence-electron chi connectivity index (χ2n) is 6.96. The normalized spacial score (nSPS) is 12.3. The van der Waals surface area contributed by atoms with E-state index < -0.39 is 0 Å². The van der Waals surface area contributed by atoms with Crippen LogP contribution in [0.2, 0.25) is 0 Å². The van der Waals surface area contributed by atoms with Gasteiger partial charge >= 0.3 is 0 Å². The predicted octanol–water partition coefficient (Wildman–Crippen LogP) is 5.33. The number of hydrogen-bond donors (Lipinski definition) is 1. The second-order valence-corrected chi connectivity index (χ2v) is 7.74. The monoisotopic (exact) mass is 389 g/mol. The lowest BCUT2D eigenvalue weighted by atomic mass is 10.1. The van der Waals surface area contributed by atoms with Gasteiger partial charge in [-0.2, -0.15) is 5.10 Å². The number of aromatic nitrogens is 4. The maximum Gasteiger partial charge on any atom is 0.191 e. The van der Waals surface area contributed by atoms with Crippen LogP contribution in [0.5, 0.6) is 0 Å². The van der Waals surface area contributed by atoms with Gasteiger partial charge in [0.2, 0.25) is 0 Å². The first-order chi connectivity index (χ1) is 13.5. The van der Waals surface area contributed by atoms with Crippen molar-refractivity contribution in [2.75, 3.05) is 11.6 Å². The summed E-state index contributed by atoms with van der Waals surface area (Å²) in [6.45, 7) is 6.31. The van der Waals surface area contributed by atoms with E-state index in [2.05, 4.69) is 79.7 Å². The Morgan fingerprint density at radius 1 is 0.929 bits per heavy atom. The highest BCUT2D eigenvalue weighted by molar-refractivity contribution is 7.98. The summed E-state index contributed by atoms with van der Waals surface area (Å²) in [5.74, 6) is 0.806. The maximum absolute atomic E-state index is 4.72. The molecule has 28 heavy (non-hydrogen) atoms. The lowest BCUT2D eigenvalue weighted by molar-refractivity contribution is 0.853. The summed E-state index contributed by atoms with van der Waals surface area (Å²) in [5.41, 5.74) is 5.48. The number of benzene rings is 2. The Morgan fingerprint density at radius 3 is 2.21 bits per heavy atom. The third-order valence-corrected chi connectivity index (χ3v) is 5.35. The zero-order chi connectivity index (χ0) is 19.7. The van der Waals surface area contributed by atoms with Gasteiger partial charge in [-0.3, -0.25) is 0 Å². The molecule has 5 nitrogen and oxygen atoms in total. The lowest BCUT2D eigenvalue weighted by Gasteiger charge is -2.16. The quantitative estimate of drug-likeness (QED) is 0.369. The summed E-state index contributed by atoms with van der Waals surface area (Å²) in [4.78, 5) is 9.43. The molecule has 0 saturated heterocycles. The average molecular weight is 390 g/mol. The molecule has 0 aliphatic rings. The van der Waals surface area contributed by atoms with Crippen LogP contribution in [-0.2, 0) is 0 Å². The van der Waals surface area contributed by atoms with Crippen LogP contribution in [0.4, 0.5) is 5.82 Å². The summed E-state index contributed by atoms with van der Waals surface area (Å²) in [5, 5.41) is 9.78. The van der Waals surface area contributed by atoms with Gasteiger partial charge in [-0.15, -0.1) is 0 Å². The fourth-order valence-electron chi connectivity index (χ4n) is 3.11. The van der Waals surface area contributed by atoms with Crippen LogP contribution in [0.3, 0.4) is 0 Å². The van der Waals surface area contributed by atoms with Gasteiger partial charge in [0.25, 0.3) is 0 Å². The number of anilines is 1. The van der Waals surface area contributed by atoms with Gasteiger partial charge in [0.15, 0.2) is 10.8 Å². The Bertz CT molecular complexity index is 1100.